The molecule has 0 aromatic carbocycles. The van der Waals surface area contributed by atoms with Crippen molar-refractivity contribution < 1.29 is 19.4 Å². The summed E-state index contributed by atoms with van der Waals surface area (Å²) in [6, 6.07) is 1.28. The minimum Gasteiger partial charge on any atom is -0.478 e. The van der Waals surface area contributed by atoms with Crippen molar-refractivity contribution in [3.8, 4) is 0 Å². The van der Waals surface area contributed by atoms with E-state index in [1.54, 1.807) is 6.92 Å². The highest BCUT2D eigenvalue weighted by Crippen LogP contribution is 2.12. The Kier molecular flexibility index (Phi) is 4.21. The van der Waals surface area contributed by atoms with Gasteiger partial charge in [0, 0.05) is 12.3 Å². The molecule has 0 unspecified atom stereocenters. The van der Waals surface area contributed by atoms with Gasteiger partial charge in [0.1, 0.15) is 0 Å². The second kappa shape index (κ2) is 5.64. The van der Waals surface area contributed by atoms with E-state index >= 15 is 0 Å². The Morgan fingerprint density at radius 1 is 1.59 bits per heavy atom. The molecule has 1 heterocycles. The predicted octanol–water partition coefficient (Wildman–Crippen LogP) is 0.938. The number of aromatic carboxylic acids is 1. The first-order valence-corrected chi connectivity index (χ1v) is 4.88. The number of carboxylic acid groups (broad SMARTS) is 1. The quantitative estimate of drug-likeness (QED) is 0.595. The number of carboxylic acids is 1. The van der Waals surface area contributed by atoms with Crippen molar-refractivity contribution in [1.82, 2.24) is 4.98 Å². The van der Waals surface area contributed by atoms with Crippen molar-refractivity contribution in [3.05, 3.63) is 29.6 Å². The Hall–Kier alpha value is -2.37. The van der Waals surface area contributed by atoms with E-state index in [0.29, 0.717) is 5.69 Å². The van der Waals surface area contributed by atoms with Crippen molar-refractivity contribution in [2.24, 2.45) is 0 Å². The lowest BCUT2D eigenvalue weighted by molar-refractivity contribution is -0.137. The highest BCUT2D eigenvalue weighted by atomic mass is 16.5. The number of pyridine rings is 1. The van der Waals surface area contributed by atoms with Crippen LogP contribution in [-0.4, -0.2) is 28.6 Å². The molecule has 90 valence electrons. The number of hydrogen-bond donors (Lipinski definition) is 2. The Labute approximate surface area is 97.7 Å². The molecule has 0 saturated heterocycles. The fourth-order valence-corrected chi connectivity index (χ4v) is 1.09. The van der Waals surface area contributed by atoms with Crippen LogP contribution in [0.1, 0.15) is 23.0 Å². The normalized spacial score (nSPS) is 10.4. The van der Waals surface area contributed by atoms with Gasteiger partial charge in [0.05, 0.1) is 23.6 Å². The van der Waals surface area contributed by atoms with Gasteiger partial charge in [0.25, 0.3) is 0 Å². The van der Waals surface area contributed by atoms with Gasteiger partial charge in [-0.3, -0.25) is 4.98 Å². The largest absolute Gasteiger partial charge is 0.478 e. The van der Waals surface area contributed by atoms with Crippen LogP contribution in [0.3, 0.4) is 0 Å². The van der Waals surface area contributed by atoms with E-state index in [9.17, 15) is 9.59 Å². The summed E-state index contributed by atoms with van der Waals surface area (Å²) in [5.74, 6) is -1.61. The number of rotatable bonds is 4. The van der Waals surface area contributed by atoms with E-state index < -0.39 is 11.9 Å². The van der Waals surface area contributed by atoms with E-state index in [1.165, 1.54) is 24.4 Å². The Balaban J connectivity index is 2.86. The molecule has 0 amide bonds. The van der Waals surface area contributed by atoms with Crippen LogP contribution in [0.4, 0.5) is 5.69 Å². The van der Waals surface area contributed by atoms with Crippen LogP contribution < -0.4 is 5.73 Å². The molecule has 0 aliphatic heterocycles. The summed E-state index contributed by atoms with van der Waals surface area (Å²) in [5.41, 5.74) is 6.09. The van der Waals surface area contributed by atoms with E-state index in [-0.39, 0.29) is 17.9 Å². The first kappa shape index (κ1) is 12.7. The number of esters is 1. The molecule has 6 nitrogen and oxygen atoms in total. The first-order chi connectivity index (χ1) is 8.04. The van der Waals surface area contributed by atoms with Crippen LogP contribution in [0, 0.1) is 0 Å². The Bertz CT molecular complexity index is 469. The molecule has 0 saturated carbocycles. The van der Waals surface area contributed by atoms with Gasteiger partial charge in [0.2, 0.25) is 0 Å². The number of nitrogens with two attached hydrogens (primary N) is 1. The number of nitrogens with zero attached hydrogens (tertiary/aromatic N) is 1. The smallest absolute Gasteiger partial charge is 0.337 e. The number of anilines is 1. The number of carbonyl (C=O) groups is 2. The molecule has 1 rings (SSSR count). The van der Waals surface area contributed by atoms with Gasteiger partial charge in [-0.25, -0.2) is 9.59 Å². The molecular weight excluding hydrogens is 224 g/mol. The molecule has 0 radical (unpaired) electrons. The average molecular weight is 236 g/mol. The van der Waals surface area contributed by atoms with Crippen LogP contribution in [0.25, 0.3) is 6.08 Å². The zero-order valence-electron chi connectivity index (χ0n) is 9.21. The fourth-order valence-electron chi connectivity index (χ4n) is 1.09. The van der Waals surface area contributed by atoms with Crippen molar-refractivity contribution in [2.45, 2.75) is 6.92 Å². The van der Waals surface area contributed by atoms with Gasteiger partial charge in [-0.05, 0) is 19.1 Å². The standard InChI is InChI=1S/C11H12N2O4/c1-2-17-10(14)4-3-9-8(12)5-7(6-13-9)11(15)16/h3-6H,2,12H2,1H3,(H,15,16)/b4-3+. The minimum atomic E-state index is -1.11. The average Bonchev–Trinajstić information content (AvgIpc) is 2.27. The fraction of sp³-hybridized carbons (Fsp3) is 0.182. The molecule has 0 bridgehead atoms. The molecule has 0 aliphatic carbocycles. The molecule has 1 aromatic heterocycles. The van der Waals surface area contributed by atoms with Crippen LogP contribution in [-0.2, 0) is 9.53 Å². The zero-order chi connectivity index (χ0) is 12.8. The molecule has 0 fully saturated rings. The van der Waals surface area contributed by atoms with Gasteiger partial charge in [-0.15, -0.1) is 0 Å². The molecule has 0 atom stereocenters. The first-order valence-electron chi connectivity index (χ1n) is 4.88. The summed E-state index contributed by atoms with van der Waals surface area (Å²) in [4.78, 5) is 25.5. The third kappa shape index (κ3) is 3.60. The van der Waals surface area contributed by atoms with E-state index in [2.05, 4.69) is 9.72 Å². The SMILES string of the molecule is CCOC(=O)/C=C/c1ncc(C(=O)O)cc1N. The van der Waals surface area contributed by atoms with Crippen molar-refractivity contribution >= 4 is 23.7 Å². The number of hydrogen-bond acceptors (Lipinski definition) is 5. The van der Waals surface area contributed by atoms with E-state index in [1.807, 2.05) is 0 Å². The van der Waals surface area contributed by atoms with E-state index in [0.717, 1.165) is 0 Å². The van der Waals surface area contributed by atoms with E-state index in [4.69, 9.17) is 10.8 Å². The number of nitrogen functional groups attached to an aromatic ring is 1. The molecule has 6 heteroatoms. The Morgan fingerprint density at radius 3 is 2.82 bits per heavy atom. The van der Waals surface area contributed by atoms with Crippen molar-refractivity contribution in [3.63, 3.8) is 0 Å². The summed E-state index contributed by atoms with van der Waals surface area (Å²) in [5, 5.41) is 8.70. The second-order valence-electron chi connectivity index (χ2n) is 3.09. The highest BCUT2D eigenvalue weighted by Gasteiger charge is 2.06. The van der Waals surface area contributed by atoms with Gasteiger partial charge < -0.3 is 15.6 Å². The molecule has 17 heavy (non-hydrogen) atoms. The topological polar surface area (TPSA) is 103 Å². The molecular formula is C11H12N2O4. The zero-order valence-corrected chi connectivity index (χ0v) is 9.21. The summed E-state index contributed by atoms with van der Waals surface area (Å²) < 4.78 is 4.68. The monoisotopic (exact) mass is 236 g/mol. The summed E-state index contributed by atoms with van der Waals surface area (Å²) >= 11 is 0. The lowest BCUT2D eigenvalue weighted by atomic mass is 10.2. The van der Waals surface area contributed by atoms with Gasteiger partial charge in [0.15, 0.2) is 0 Å². The van der Waals surface area contributed by atoms with Gasteiger partial charge in [-0.1, -0.05) is 0 Å². The lowest BCUT2D eigenvalue weighted by Gasteiger charge is -2.01. The number of aromatic nitrogens is 1. The van der Waals surface area contributed by atoms with Gasteiger partial charge in [-0.2, -0.15) is 0 Å². The molecule has 0 aliphatic rings. The maximum atomic E-state index is 11.0. The summed E-state index contributed by atoms with van der Waals surface area (Å²) in [6.45, 7) is 1.98. The summed E-state index contributed by atoms with van der Waals surface area (Å²) in [6.07, 6.45) is 3.73. The van der Waals surface area contributed by atoms with Crippen LogP contribution in [0.5, 0.6) is 0 Å². The maximum absolute atomic E-state index is 11.0. The summed E-state index contributed by atoms with van der Waals surface area (Å²) in [7, 11) is 0. The van der Waals surface area contributed by atoms with Crippen LogP contribution >= 0.6 is 0 Å². The lowest BCUT2D eigenvalue weighted by Crippen LogP contribution is -2.02. The van der Waals surface area contributed by atoms with Crippen LogP contribution in [0.2, 0.25) is 0 Å². The maximum Gasteiger partial charge on any atom is 0.337 e. The third-order valence-corrected chi connectivity index (χ3v) is 1.86. The highest BCUT2D eigenvalue weighted by molar-refractivity contribution is 5.90. The van der Waals surface area contributed by atoms with Gasteiger partial charge >= 0.3 is 11.9 Å². The number of carbonyl (C=O) groups excluding carboxylic acids is 1. The Morgan fingerprint density at radius 2 is 2.29 bits per heavy atom. The minimum absolute atomic E-state index is 0.00390. The van der Waals surface area contributed by atoms with Crippen LogP contribution in [0.15, 0.2) is 18.3 Å². The molecule has 3 N–H and O–H groups in total. The molecule has 1 aromatic rings. The number of ether oxygens (including phenoxy) is 1. The molecule has 0 spiro atoms. The van der Waals surface area contributed by atoms with Crippen molar-refractivity contribution in [1.29, 1.82) is 0 Å². The predicted molar refractivity (Wildman–Crippen MR) is 61.3 cm³/mol. The third-order valence-electron chi connectivity index (χ3n) is 1.86. The van der Waals surface area contributed by atoms with Crippen molar-refractivity contribution in [2.75, 3.05) is 12.3 Å². The second-order valence-corrected chi connectivity index (χ2v) is 3.09.